The Morgan fingerprint density at radius 1 is 1.22 bits per heavy atom. The second-order valence-electron chi connectivity index (χ2n) is 5.58. The van der Waals surface area contributed by atoms with Gasteiger partial charge in [-0.25, -0.2) is 9.97 Å². The quantitative estimate of drug-likeness (QED) is 0.811. The minimum atomic E-state index is 0.169. The van der Waals surface area contributed by atoms with Crippen molar-refractivity contribution in [1.29, 1.82) is 0 Å². The zero-order valence-corrected chi connectivity index (χ0v) is 11.6. The molecule has 0 aliphatic rings. The van der Waals surface area contributed by atoms with Crippen molar-refractivity contribution in [3.8, 4) is 0 Å². The van der Waals surface area contributed by atoms with Crippen molar-refractivity contribution in [3.05, 3.63) is 12.4 Å². The molecule has 0 fully saturated rings. The first-order valence-electron chi connectivity index (χ1n) is 6.16. The average Bonchev–Trinajstić information content (AvgIpc) is 2.26. The van der Waals surface area contributed by atoms with Gasteiger partial charge >= 0.3 is 0 Å². The Balaban J connectivity index is 2.49. The van der Waals surface area contributed by atoms with E-state index in [1.54, 1.807) is 6.92 Å². The standard InChI is InChI=1S/C13H22N4O/c1-10(18)5-6-14-11-7-12(17-9-16-11)15-8-13(2,3)4/h7,9H,5-6,8H2,1-4H3,(H2,14,15,16,17). The van der Waals surface area contributed by atoms with Gasteiger partial charge in [0.2, 0.25) is 0 Å². The van der Waals surface area contributed by atoms with Crippen LogP contribution in [-0.4, -0.2) is 28.8 Å². The highest BCUT2D eigenvalue weighted by Crippen LogP contribution is 2.15. The van der Waals surface area contributed by atoms with Crippen LogP contribution in [0.25, 0.3) is 0 Å². The van der Waals surface area contributed by atoms with Gasteiger partial charge in [0.25, 0.3) is 0 Å². The number of carbonyl (C=O) groups excluding carboxylic acids is 1. The first-order chi connectivity index (χ1) is 8.37. The van der Waals surface area contributed by atoms with E-state index in [9.17, 15) is 4.79 Å². The van der Waals surface area contributed by atoms with Gasteiger partial charge in [-0.3, -0.25) is 4.79 Å². The monoisotopic (exact) mass is 250 g/mol. The average molecular weight is 250 g/mol. The molecule has 1 aromatic rings. The van der Waals surface area contributed by atoms with Crippen molar-refractivity contribution < 1.29 is 4.79 Å². The van der Waals surface area contributed by atoms with Crippen molar-refractivity contribution in [3.63, 3.8) is 0 Å². The maximum Gasteiger partial charge on any atom is 0.131 e. The fraction of sp³-hybridized carbons (Fsp3) is 0.615. The van der Waals surface area contributed by atoms with Gasteiger partial charge in [0, 0.05) is 25.6 Å². The van der Waals surface area contributed by atoms with Crippen LogP contribution >= 0.6 is 0 Å². The molecule has 0 aliphatic carbocycles. The number of rotatable bonds is 6. The molecule has 5 nitrogen and oxygen atoms in total. The summed E-state index contributed by atoms with van der Waals surface area (Å²) in [5.74, 6) is 1.70. The van der Waals surface area contributed by atoms with Crippen LogP contribution in [0, 0.1) is 5.41 Å². The minimum Gasteiger partial charge on any atom is -0.369 e. The molecule has 0 unspecified atom stereocenters. The minimum absolute atomic E-state index is 0.169. The fourth-order valence-electron chi connectivity index (χ4n) is 1.27. The van der Waals surface area contributed by atoms with Gasteiger partial charge < -0.3 is 10.6 Å². The number of ketones is 1. The number of Topliss-reactive ketones (excluding diaryl/α,β-unsaturated/α-hetero) is 1. The van der Waals surface area contributed by atoms with Gasteiger partial charge in [-0.15, -0.1) is 0 Å². The molecule has 5 heteroatoms. The molecule has 0 spiro atoms. The third-order valence-electron chi connectivity index (χ3n) is 2.25. The van der Waals surface area contributed by atoms with Crippen LogP contribution in [0.2, 0.25) is 0 Å². The van der Waals surface area contributed by atoms with Crippen LogP contribution < -0.4 is 10.6 Å². The molecule has 0 saturated carbocycles. The first-order valence-corrected chi connectivity index (χ1v) is 6.16. The molecule has 0 saturated heterocycles. The summed E-state index contributed by atoms with van der Waals surface area (Å²) >= 11 is 0. The number of nitrogens with zero attached hydrogens (tertiary/aromatic N) is 2. The molecule has 0 bridgehead atoms. The van der Waals surface area contributed by atoms with Crippen molar-refractivity contribution in [2.75, 3.05) is 23.7 Å². The molecule has 0 atom stereocenters. The molecule has 0 radical (unpaired) electrons. The molecular formula is C13H22N4O. The van der Waals surface area contributed by atoms with E-state index < -0.39 is 0 Å². The lowest BCUT2D eigenvalue weighted by Crippen LogP contribution is -2.19. The normalized spacial score (nSPS) is 11.1. The molecule has 1 rings (SSSR count). The van der Waals surface area contributed by atoms with E-state index in [1.165, 1.54) is 6.33 Å². The lowest BCUT2D eigenvalue weighted by molar-refractivity contribution is -0.116. The van der Waals surface area contributed by atoms with E-state index in [0.29, 0.717) is 13.0 Å². The summed E-state index contributed by atoms with van der Waals surface area (Å²) in [7, 11) is 0. The van der Waals surface area contributed by atoms with Gasteiger partial charge in [-0.2, -0.15) is 0 Å². The van der Waals surface area contributed by atoms with E-state index in [0.717, 1.165) is 18.2 Å². The maximum absolute atomic E-state index is 10.8. The van der Waals surface area contributed by atoms with E-state index in [2.05, 4.69) is 41.4 Å². The zero-order valence-electron chi connectivity index (χ0n) is 11.6. The third kappa shape index (κ3) is 6.18. The fourth-order valence-corrected chi connectivity index (χ4v) is 1.27. The molecule has 1 heterocycles. The highest BCUT2D eigenvalue weighted by molar-refractivity contribution is 5.75. The highest BCUT2D eigenvalue weighted by Gasteiger charge is 2.09. The Morgan fingerprint density at radius 2 is 1.83 bits per heavy atom. The molecule has 0 aliphatic heterocycles. The Bertz CT molecular complexity index is 398. The summed E-state index contributed by atoms with van der Waals surface area (Å²) in [4.78, 5) is 19.1. The zero-order chi connectivity index (χ0) is 13.6. The SMILES string of the molecule is CC(=O)CCNc1cc(NCC(C)(C)C)ncn1. The molecule has 0 aromatic carbocycles. The first kappa shape index (κ1) is 14.4. The lowest BCUT2D eigenvalue weighted by atomic mass is 9.97. The number of anilines is 2. The van der Waals surface area contributed by atoms with Crippen molar-refractivity contribution in [1.82, 2.24) is 9.97 Å². The highest BCUT2D eigenvalue weighted by atomic mass is 16.1. The molecule has 18 heavy (non-hydrogen) atoms. The summed E-state index contributed by atoms with van der Waals surface area (Å²) in [5, 5.41) is 6.37. The van der Waals surface area contributed by atoms with Crippen molar-refractivity contribution in [2.45, 2.75) is 34.1 Å². The van der Waals surface area contributed by atoms with Gasteiger partial charge in [-0.1, -0.05) is 20.8 Å². The topological polar surface area (TPSA) is 66.9 Å². The van der Waals surface area contributed by atoms with Gasteiger partial charge in [0.1, 0.15) is 23.7 Å². The molecular weight excluding hydrogens is 228 g/mol. The van der Waals surface area contributed by atoms with Crippen LogP contribution in [0.4, 0.5) is 11.6 Å². The number of carbonyl (C=O) groups is 1. The molecule has 100 valence electrons. The summed E-state index contributed by atoms with van der Waals surface area (Å²) in [5.41, 5.74) is 0.202. The Labute approximate surface area is 108 Å². The number of hydrogen-bond acceptors (Lipinski definition) is 5. The number of nitrogens with one attached hydrogen (secondary N) is 2. The van der Waals surface area contributed by atoms with Crippen molar-refractivity contribution >= 4 is 17.4 Å². The largest absolute Gasteiger partial charge is 0.369 e. The lowest BCUT2D eigenvalue weighted by Gasteiger charge is -2.19. The number of aromatic nitrogens is 2. The Morgan fingerprint density at radius 3 is 2.39 bits per heavy atom. The van der Waals surface area contributed by atoms with Crippen LogP contribution in [0.5, 0.6) is 0 Å². The van der Waals surface area contributed by atoms with E-state index in [-0.39, 0.29) is 11.2 Å². The van der Waals surface area contributed by atoms with Crippen molar-refractivity contribution in [2.24, 2.45) is 5.41 Å². The summed E-state index contributed by atoms with van der Waals surface area (Å²) in [6, 6.07) is 1.85. The predicted molar refractivity (Wildman–Crippen MR) is 73.8 cm³/mol. The van der Waals surface area contributed by atoms with E-state index in [4.69, 9.17) is 0 Å². The van der Waals surface area contributed by atoms with Gasteiger partial charge in [0.05, 0.1) is 0 Å². The predicted octanol–water partition coefficient (Wildman–Crippen LogP) is 2.33. The second kappa shape index (κ2) is 6.33. The third-order valence-corrected chi connectivity index (χ3v) is 2.25. The van der Waals surface area contributed by atoms with E-state index >= 15 is 0 Å². The molecule has 2 N–H and O–H groups in total. The van der Waals surface area contributed by atoms with Crippen LogP contribution in [-0.2, 0) is 4.79 Å². The molecule has 1 aromatic heterocycles. The smallest absolute Gasteiger partial charge is 0.131 e. The van der Waals surface area contributed by atoms with Gasteiger partial charge in [-0.05, 0) is 12.3 Å². The second-order valence-corrected chi connectivity index (χ2v) is 5.58. The van der Waals surface area contributed by atoms with Crippen LogP contribution in [0.1, 0.15) is 34.1 Å². The Kier molecular flexibility index (Phi) is 5.07. The maximum atomic E-state index is 10.8. The summed E-state index contributed by atoms with van der Waals surface area (Å²) < 4.78 is 0. The van der Waals surface area contributed by atoms with E-state index in [1.807, 2.05) is 6.07 Å². The van der Waals surface area contributed by atoms with Crippen LogP contribution in [0.3, 0.4) is 0 Å². The van der Waals surface area contributed by atoms with Crippen LogP contribution in [0.15, 0.2) is 12.4 Å². The molecule has 0 amide bonds. The summed E-state index contributed by atoms with van der Waals surface area (Å²) in [6.07, 6.45) is 2.02. The summed E-state index contributed by atoms with van der Waals surface area (Å²) in [6.45, 7) is 9.51. The Hall–Kier alpha value is -1.65. The van der Waals surface area contributed by atoms with Gasteiger partial charge in [0.15, 0.2) is 0 Å². The number of hydrogen-bond donors (Lipinski definition) is 2.